The average Bonchev–Trinajstić information content (AvgIpc) is 3.54. The van der Waals surface area contributed by atoms with E-state index in [9.17, 15) is 4.39 Å². The number of nitrogens with one attached hydrogen (secondary N) is 2. The van der Waals surface area contributed by atoms with Crippen LogP contribution in [0.15, 0.2) is 80.5 Å². The standard InChI is InChI=1S/C7H16N4O.C7H9N3.C6H14N2O.C6H7N.C4H12B2N2O2S.C4H11N3.C3H9N.C2HFO2.C2H6N2O.CH2N2.3CH4.2HNO3.H2O4S/c8-7(9)10-1-2-11-3-5-12-6-4-11;8-7(9)10-6-4-2-1-3-5-6;7-1-2-8-3-5-9-6-4-8;7-6-4-2-1-3-5-6;1-5(9)7-4(11-3)8-6(2)10;1-3(2)7-4(5)6;1-3(2)4;3-1-2-5-4;1-5-2(3)4;2-1-3;;;;2*2-1(3)4;1-5(2,3)4/h1-6H2,(H4,8,9,10);1-5H,(H4,8,9,10);1-7H2;1-5H,7H2;9-10H,1-3H3,(H,7,8);3H,1-2H3,(H4,5,6,7);3H,4H2,1-2H3;4H;1H3,(H3,3,4);2H2;3*1H4;2*(H,2,3,4);(H2,1,2,3,4). The van der Waals surface area contributed by atoms with E-state index < -0.39 is 34.7 Å². The van der Waals surface area contributed by atoms with E-state index in [0.717, 1.165) is 89.8 Å². The van der Waals surface area contributed by atoms with Gasteiger partial charge < -0.3 is 103 Å². The highest BCUT2D eigenvalue weighted by Gasteiger charge is 2.10. The van der Waals surface area contributed by atoms with Crippen LogP contribution in [0.1, 0.15) is 50.0 Å². The third-order valence-corrected chi connectivity index (χ3v) is 7.33. The maximum absolute atomic E-state index is 10.3. The summed E-state index contributed by atoms with van der Waals surface area (Å²) < 4.78 is 56.4. The molecule has 39 nitrogen and oxygen atoms in total. The number of nitrogens with two attached hydrogens (primary N) is 11. The van der Waals surface area contributed by atoms with Gasteiger partial charge in [-0.25, -0.2) is 4.99 Å². The minimum absolute atomic E-state index is 0. The second-order valence-corrected chi connectivity index (χ2v) is 16.9. The van der Waals surface area contributed by atoms with Gasteiger partial charge in [0.2, 0.25) is 0 Å². The summed E-state index contributed by atoms with van der Waals surface area (Å²) in [7, 11) is -4.69. The minimum Gasteiger partial charge on any atom is -0.469 e. The number of nitrogens with zero attached hydrogens (tertiary/aromatic N) is 9. The number of nitriles is 1. The lowest BCUT2D eigenvalue weighted by Gasteiger charge is -2.25. The van der Waals surface area contributed by atoms with Gasteiger partial charge in [-0.1, -0.05) is 84.3 Å². The van der Waals surface area contributed by atoms with Crippen LogP contribution in [-0.4, -0.2) is 211 Å². The molecule has 2 saturated heterocycles. The Kier molecular flexibility index (Phi) is 99.9. The number of hydrogen-bond donors (Lipinski definition) is 20. The highest BCUT2D eigenvalue weighted by molar-refractivity contribution is 8.13. The minimum atomic E-state index is -4.67. The molecule has 0 radical (unpaired) electrons. The van der Waals surface area contributed by atoms with Crippen molar-refractivity contribution in [3.8, 4) is 18.5 Å². The second kappa shape index (κ2) is 81.8. The van der Waals surface area contributed by atoms with Crippen LogP contribution in [0.5, 0.6) is 0 Å². The lowest BCUT2D eigenvalue weighted by atomic mass is 9.88. The van der Waals surface area contributed by atoms with Crippen LogP contribution in [-0.2, 0) is 29.5 Å². The summed E-state index contributed by atoms with van der Waals surface area (Å²) in [5.41, 5.74) is 57.0. The monoisotopic (exact) mass is 1330 g/mol. The number of ether oxygens (including phenoxy) is 3. The summed E-state index contributed by atoms with van der Waals surface area (Å²) in [5, 5.41) is 68.8. The number of nitrogen functional groups attached to an aromatic ring is 1. The maximum atomic E-state index is 10.3. The van der Waals surface area contributed by atoms with Gasteiger partial charge in [0, 0.05) is 57.5 Å². The molecule has 31 N–H and O–H groups in total. The molecule has 0 amide bonds. The molecule has 2 aromatic rings. The van der Waals surface area contributed by atoms with Crippen molar-refractivity contribution < 1.29 is 76.9 Å². The summed E-state index contributed by atoms with van der Waals surface area (Å²) in [5.74, 6) is 0.421. The lowest BCUT2D eigenvalue weighted by Crippen LogP contribution is -2.39. The fraction of sp³-hybridized carbons (Fsp3) is 0.556. The van der Waals surface area contributed by atoms with E-state index in [-0.39, 0.29) is 52.2 Å². The molecule has 2 heterocycles. The van der Waals surface area contributed by atoms with Gasteiger partial charge in [-0.15, -0.1) is 24.6 Å². The summed E-state index contributed by atoms with van der Waals surface area (Å²) in [6.45, 7) is 21.7. The Hall–Kier alpha value is -8.24. The first-order chi connectivity index (χ1) is 39.9. The van der Waals surface area contributed by atoms with Crippen LogP contribution < -0.4 is 68.3 Å². The van der Waals surface area contributed by atoms with E-state index in [1.807, 2.05) is 94.6 Å². The second-order valence-electron chi connectivity index (χ2n) is 15.2. The molecule has 0 aliphatic carbocycles. The van der Waals surface area contributed by atoms with Gasteiger partial charge in [-0.3, -0.25) is 44.1 Å². The van der Waals surface area contributed by atoms with Crippen molar-refractivity contribution >= 4 is 76.7 Å². The predicted molar refractivity (Wildman–Crippen MR) is 352 cm³/mol. The van der Waals surface area contributed by atoms with Gasteiger partial charge in [0.1, 0.15) is 5.17 Å². The molecule has 2 aromatic carbocycles. The summed E-state index contributed by atoms with van der Waals surface area (Å²) in [6.07, 6.45) is 5.11. The first-order valence-electron chi connectivity index (χ1n) is 24.0. The number of rotatable bonds is 9. The van der Waals surface area contributed by atoms with Gasteiger partial charge in [-0.05, 0) is 64.1 Å². The first kappa shape index (κ1) is 109. The molecule has 0 spiro atoms. The van der Waals surface area contributed by atoms with E-state index in [2.05, 4.69) is 56.0 Å². The van der Waals surface area contributed by atoms with Crippen molar-refractivity contribution in [3.05, 3.63) is 80.9 Å². The Morgan fingerprint density at radius 1 is 0.843 bits per heavy atom. The van der Waals surface area contributed by atoms with Crippen LogP contribution in [0, 0.1) is 49.4 Å². The largest absolute Gasteiger partial charge is 0.469 e. The molecule has 0 unspecified atom stereocenters. The molecule has 2 aliphatic rings. The molecular weight excluding hydrogens is 1230 g/mol. The Labute approximate surface area is 527 Å². The number of benzene rings is 2. The van der Waals surface area contributed by atoms with Gasteiger partial charge in [0.05, 0.1) is 45.8 Å². The number of methoxy groups -OCH3 is 1. The van der Waals surface area contributed by atoms with E-state index in [0.29, 0.717) is 17.8 Å². The summed E-state index contributed by atoms with van der Waals surface area (Å²) in [4.78, 5) is 39.6. The molecule has 0 aromatic heterocycles. The smallest absolute Gasteiger partial charge is 0.430 e. The molecule has 0 atom stereocenters. The molecule has 0 bridgehead atoms. The van der Waals surface area contributed by atoms with Gasteiger partial charge >= 0.3 is 24.5 Å². The molecule has 2 fully saturated rings. The van der Waals surface area contributed by atoms with Crippen molar-refractivity contribution in [1.29, 1.82) is 10.7 Å². The molecule has 44 heteroatoms. The SMILES string of the molecule is C.C.C.CC(C)N.CC(C)N=C(N)N.COC(=N)N.CSC(=NB(C)O)NB(C)O.N#CN.NC(N)=NCCN1CCOCC1.NC(N)=Nc1ccccc1.NCCN1CCOCC1.Nc1ccccc1.O=S(=O)(O)O.O=[N+]([O-])O.O=[N+]([O-])O.OOC#CF. The molecule has 520 valence electrons. The highest BCUT2D eigenvalue weighted by atomic mass is 32.3. The number of aliphatic imine (C=N–C) groups is 3. The van der Waals surface area contributed by atoms with Crippen LogP contribution >= 0.6 is 11.8 Å². The fourth-order valence-electron chi connectivity index (χ4n) is 4.07. The number of morpholine rings is 2. The quantitative estimate of drug-likeness (QED) is 0.0124. The van der Waals surface area contributed by atoms with E-state index in [4.69, 9.17) is 135 Å². The number of halogens is 1. The van der Waals surface area contributed by atoms with Crippen LogP contribution in [0.4, 0.5) is 15.8 Å². The third kappa shape index (κ3) is 161. The maximum Gasteiger partial charge on any atom is 0.430 e. The van der Waals surface area contributed by atoms with Crippen molar-refractivity contribution in [1.82, 2.24) is 15.0 Å². The van der Waals surface area contributed by atoms with E-state index in [1.54, 1.807) is 13.6 Å². The zero-order chi connectivity index (χ0) is 68.9. The van der Waals surface area contributed by atoms with Gasteiger partial charge in [0.15, 0.2) is 36.4 Å². The topological polar surface area (TPSA) is 701 Å². The molecule has 0 saturated carbocycles. The Morgan fingerprint density at radius 3 is 1.39 bits per heavy atom. The van der Waals surface area contributed by atoms with Crippen LogP contribution in [0.3, 0.4) is 0 Å². The third-order valence-electron chi connectivity index (χ3n) is 6.72. The molecule has 89 heavy (non-hydrogen) atoms. The molecule has 2 aliphatic heterocycles. The van der Waals surface area contributed by atoms with E-state index >= 15 is 0 Å². The van der Waals surface area contributed by atoms with E-state index in [1.165, 1.54) is 31.2 Å². The van der Waals surface area contributed by atoms with Crippen molar-refractivity contribution in [2.75, 3.05) is 97.9 Å². The zero-order valence-corrected chi connectivity index (χ0v) is 51.0. The average molecular weight is 1330 g/mol. The van der Waals surface area contributed by atoms with Gasteiger partial charge in [-0.2, -0.15) is 18.9 Å². The number of thioether (sulfide) groups is 1. The summed E-state index contributed by atoms with van der Waals surface area (Å²) in [6, 6.07) is 19.1. The zero-order valence-electron chi connectivity index (χ0n) is 49.4. The number of hydrogen-bond acceptors (Lipinski definition) is 26. The summed E-state index contributed by atoms with van der Waals surface area (Å²) >= 11 is 1.35. The van der Waals surface area contributed by atoms with Crippen molar-refractivity contribution in [3.63, 3.8) is 0 Å². The number of anilines is 1. The van der Waals surface area contributed by atoms with Crippen LogP contribution in [0.2, 0.25) is 13.6 Å². The molecular formula is C45H103B2FN22O17S2. The van der Waals surface area contributed by atoms with Crippen LogP contribution in [0.25, 0.3) is 0 Å². The van der Waals surface area contributed by atoms with Crippen molar-refractivity contribution in [2.45, 2.75) is 75.7 Å². The number of para-hydroxylation sites is 2. The normalized spacial score (nSPS) is 10.9. The lowest BCUT2D eigenvalue weighted by molar-refractivity contribution is -0.742. The highest BCUT2D eigenvalue weighted by Crippen LogP contribution is 2.08. The Balaban J connectivity index is -0.0000000734. The Bertz CT molecular complexity index is 2180. The fourth-order valence-corrected chi connectivity index (χ4v) is 4.62. The van der Waals surface area contributed by atoms with Gasteiger partial charge in [0.25, 0.3) is 16.2 Å². The van der Waals surface area contributed by atoms with Crippen molar-refractivity contribution in [2.24, 2.45) is 77.2 Å². The molecule has 4 rings (SSSR count). The Morgan fingerprint density at radius 2 is 1.19 bits per heavy atom. The number of amidine groups is 2. The number of guanidine groups is 3. The predicted octanol–water partition coefficient (Wildman–Crippen LogP) is -0.857. The first-order valence-corrected chi connectivity index (χ1v) is 26.7.